The number of anilines is 1. The molecule has 0 spiro atoms. The molecule has 5 aliphatic rings. The van der Waals surface area contributed by atoms with Crippen LogP contribution in [-0.4, -0.2) is 28.7 Å². The van der Waals surface area contributed by atoms with Gasteiger partial charge in [-0.05, 0) is 53.7 Å². The quantitative estimate of drug-likeness (QED) is 0.548. The zero-order valence-corrected chi connectivity index (χ0v) is 18.7. The Morgan fingerprint density at radius 1 is 0.939 bits per heavy atom. The summed E-state index contributed by atoms with van der Waals surface area (Å²) in [5.41, 5.74) is 2.70. The van der Waals surface area contributed by atoms with E-state index in [4.69, 9.17) is 0 Å². The van der Waals surface area contributed by atoms with Gasteiger partial charge in [0.2, 0.25) is 17.7 Å². The maximum absolute atomic E-state index is 13.7. The second-order valence-corrected chi connectivity index (χ2v) is 9.91. The van der Waals surface area contributed by atoms with Crippen LogP contribution in [-0.2, 0) is 27.2 Å². The predicted octanol–water partition coefficient (Wildman–Crippen LogP) is 3.85. The van der Waals surface area contributed by atoms with E-state index >= 15 is 0 Å². The molecule has 2 saturated carbocycles. The number of likely N-dealkylation sites (tertiary alicyclic amines) is 1. The van der Waals surface area contributed by atoms with Crippen LogP contribution >= 0.6 is 0 Å². The van der Waals surface area contributed by atoms with E-state index in [1.807, 2.05) is 61.5 Å². The molecule has 4 aliphatic carbocycles. The average Bonchev–Trinajstić information content (AvgIpc) is 3.62. The van der Waals surface area contributed by atoms with Crippen LogP contribution in [0, 0.1) is 35.5 Å². The largest absolute Gasteiger partial charge is 0.324 e. The number of allylic oxidation sites excluding steroid dienone is 2. The molecule has 7 rings (SSSR count). The Bertz CT molecular complexity index is 1120. The summed E-state index contributed by atoms with van der Waals surface area (Å²) in [7, 11) is 0. The summed E-state index contributed by atoms with van der Waals surface area (Å²) in [4.78, 5) is 42.4. The summed E-state index contributed by atoms with van der Waals surface area (Å²) in [6, 6.07) is 16.5. The smallest absolute Gasteiger partial charge is 0.248 e. The third-order valence-electron chi connectivity index (χ3n) is 8.24. The van der Waals surface area contributed by atoms with Crippen LogP contribution in [0.5, 0.6) is 0 Å². The predicted molar refractivity (Wildman–Crippen MR) is 125 cm³/mol. The number of amides is 3. The third-order valence-corrected chi connectivity index (χ3v) is 8.24. The number of nitrogens with one attached hydrogen (secondary N) is 1. The van der Waals surface area contributed by atoms with Gasteiger partial charge in [0, 0.05) is 12.1 Å². The van der Waals surface area contributed by atoms with Gasteiger partial charge in [-0.1, -0.05) is 67.6 Å². The Balaban J connectivity index is 1.34. The molecule has 5 heteroatoms. The van der Waals surface area contributed by atoms with Gasteiger partial charge in [0.1, 0.15) is 6.04 Å². The lowest BCUT2D eigenvalue weighted by molar-refractivity contribution is -0.146. The van der Waals surface area contributed by atoms with Gasteiger partial charge >= 0.3 is 0 Å². The van der Waals surface area contributed by atoms with Crippen LogP contribution in [0.25, 0.3) is 0 Å². The van der Waals surface area contributed by atoms with E-state index < -0.39 is 6.04 Å². The van der Waals surface area contributed by atoms with Gasteiger partial charge in [0.25, 0.3) is 0 Å². The van der Waals surface area contributed by atoms with Crippen molar-refractivity contribution in [3.63, 3.8) is 0 Å². The fourth-order valence-electron chi connectivity index (χ4n) is 6.59. The third kappa shape index (κ3) is 3.17. The Kier molecular flexibility index (Phi) is 4.75. The Hall–Kier alpha value is -3.21. The molecule has 1 aliphatic heterocycles. The fourth-order valence-corrected chi connectivity index (χ4v) is 6.59. The molecule has 1 saturated heterocycles. The highest BCUT2D eigenvalue weighted by Gasteiger charge is 2.67. The second-order valence-electron chi connectivity index (χ2n) is 9.91. The number of rotatable bonds is 6. The molecule has 5 nitrogen and oxygen atoms in total. The number of nitrogens with zero attached hydrogens (tertiary/aromatic N) is 1. The normalized spacial score (nSPS) is 31.8. The summed E-state index contributed by atoms with van der Waals surface area (Å²) in [5.74, 6) is 0.150. The van der Waals surface area contributed by atoms with E-state index in [0.29, 0.717) is 18.3 Å². The van der Waals surface area contributed by atoms with Crippen LogP contribution < -0.4 is 5.32 Å². The first-order valence-electron chi connectivity index (χ1n) is 12.1. The molecule has 2 bridgehead atoms. The van der Waals surface area contributed by atoms with Crippen molar-refractivity contribution < 1.29 is 14.4 Å². The van der Waals surface area contributed by atoms with Crippen LogP contribution in [0.3, 0.4) is 0 Å². The van der Waals surface area contributed by atoms with Crippen molar-refractivity contribution in [2.75, 3.05) is 5.32 Å². The average molecular weight is 441 g/mol. The topological polar surface area (TPSA) is 66.5 Å². The van der Waals surface area contributed by atoms with E-state index in [2.05, 4.69) is 17.5 Å². The lowest BCUT2D eigenvalue weighted by Crippen LogP contribution is -2.49. The van der Waals surface area contributed by atoms with Gasteiger partial charge < -0.3 is 5.32 Å². The van der Waals surface area contributed by atoms with E-state index in [0.717, 1.165) is 29.7 Å². The first-order valence-corrected chi connectivity index (χ1v) is 12.1. The molecule has 3 fully saturated rings. The molecule has 7 atom stereocenters. The Morgan fingerprint density at radius 2 is 1.55 bits per heavy atom. The molecular formula is C28H28N2O3. The lowest BCUT2D eigenvalue weighted by atomic mass is 9.63. The van der Waals surface area contributed by atoms with E-state index in [9.17, 15) is 14.4 Å². The number of imide groups is 1. The van der Waals surface area contributed by atoms with E-state index in [1.165, 1.54) is 4.90 Å². The van der Waals surface area contributed by atoms with Crippen LogP contribution in [0.1, 0.15) is 24.5 Å². The minimum absolute atomic E-state index is 0.146. The summed E-state index contributed by atoms with van der Waals surface area (Å²) < 4.78 is 0. The zero-order chi connectivity index (χ0) is 22.7. The molecular weight excluding hydrogens is 412 g/mol. The Labute approximate surface area is 193 Å². The van der Waals surface area contributed by atoms with Crippen LogP contribution in [0.15, 0.2) is 66.7 Å². The molecule has 1 N–H and O–H groups in total. The summed E-state index contributed by atoms with van der Waals surface area (Å²) in [5, 5.41) is 3.04. The second kappa shape index (κ2) is 7.68. The number of carbonyl (C=O) groups excluding carboxylic acids is 3. The molecule has 3 amide bonds. The molecule has 2 aromatic carbocycles. The summed E-state index contributed by atoms with van der Waals surface area (Å²) in [6.45, 7) is 2.04. The van der Waals surface area contributed by atoms with Crippen molar-refractivity contribution in [3.05, 3.63) is 77.9 Å². The van der Waals surface area contributed by atoms with Gasteiger partial charge in [-0.25, -0.2) is 0 Å². The molecule has 0 aromatic heterocycles. The van der Waals surface area contributed by atoms with Crippen molar-refractivity contribution in [2.45, 2.75) is 32.2 Å². The van der Waals surface area contributed by atoms with Crippen molar-refractivity contribution in [2.24, 2.45) is 35.5 Å². The molecule has 168 valence electrons. The number of para-hydroxylation sites is 1. The van der Waals surface area contributed by atoms with Gasteiger partial charge in [-0.2, -0.15) is 0 Å². The molecule has 1 heterocycles. The first-order chi connectivity index (χ1) is 16.1. The lowest BCUT2D eigenvalue weighted by Gasteiger charge is -2.37. The Morgan fingerprint density at radius 3 is 2.18 bits per heavy atom. The molecule has 33 heavy (non-hydrogen) atoms. The first kappa shape index (κ1) is 20.4. The van der Waals surface area contributed by atoms with Crippen molar-refractivity contribution in [3.8, 4) is 0 Å². The standard InChI is InChI=1S/C28H28N2O3/c1-2-17-10-6-7-11-22(17)29-26(31)23(14-16-8-4-3-5-9-16)30-27(32)24-18-12-13-19(21-15-20(18)21)25(24)28(30)33/h3-13,18-21,23-25H,2,14-15H2,1H3,(H,29,31)/t18-,19-,20-,21-,23-,24+,25+/m0/s1. The number of benzene rings is 2. The SMILES string of the molecule is CCc1ccccc1NC(=O)[C@H](Cc1ccccc1)N1C(=O)[C@@H]2[C@H]3C=C[C@@H]([C@@H]4C[C@@H]34)[C@H]2C1=O. The van der Waals surface area contributed by atoms with Gasteiger partial charge in [-0.3, -0.25) is 19.3 Å². The highest BCUT2D eigenvalue weighted by atomic mass is 16.2. The number of carbonyl (C=O) groups is 3. The zero-order valence-electron chi connectivity index (χ0n) is 18.7. The van der Waals surface area contributed by atoms with Crippen molar-refractivity contribution in [1.29, 1.82) is 0 Å². The maximum atomic E-state index is 13.7. The molecule has 0 radical (unpaired) electrons. The number of aryl methyl sites for hydroxylation is 1. The van der Waals surface area contributed by atoms with Crippen molar-refractivity contribution in [1.82, 2.24) is 4.90 Å². The minimum atomic E-state index is -0.862. The van der Waals surface area contributed by atoms with E-state index in [-0.39, 0.29) is 41.4 Å². The fraction of sp³-hybridized carbons (Fsp3) is 0.393. The van der Waals surface area contributed by atoms with Gasteiger partial charge in [0.15, 0.2) is 0 Å². The number of hydrogen-bond acceptors (Lipinski definition) is 3. The van der Waals surface area contributed by atoms with Crippen LogP contribution in [0.2, 0.25) is 0 Å². The van der Waals surface area contributed by atoms with Gasteiger partial charge in [0.05, 0.1) is 11.8 Å². The summed E-state index contributed by atoms with van der Waals surface area (Å²) in [6.07, 6.45) is 6.55. The van der Waals surface area contributed by atoms with Gasteiger partial charge in [-0.15, -0.1) is 0 Å². The molecule has 0 unspecified atom stereocenters. The summed E-state index contributed by atoms with van der Waals surface area (Å²) >= 11 is 0. The van der Waals surface area contributed by atoms with Crippen LogP contribution in [0.4, 0.5) is 5.69 Å². The molecule has 2 aromatic rings. The van der Waals surface area contributed by atoms with Crippen molar-refractivity contribution >= 4 is 23.4 Å². The number of hydrogen-bond donors (Lipinski definition) is 1. The maximum Gasteiger partial charge on any atom is 0.248 e. The van der Waals surface area contributed by atoms with E-state index in [1.54, 1.807) is 0 Å². The minimum Gasteiger partial charge on any atom is -0.324 e. The highest BCUT2D eigenvalue weighted by molar-refractivity contribution is 6.10. The highest BCUT2D eigenvalue weighted by Crippen LogP contribution is 2.65. The monoisotopic (exact) mass is 440 g/mol.